The number of carbonyl (C=O) groups excluding carboxylic acids is 1. The molecule has 33 heavy (non-hydrogen) atoms. The van der Waals surface area contributed by atoms with Crippen LogP contribution < -0.4 is 0 Å². The lowest BCUT2D eigenvalue weighted by Gasteiger charge is -2.07. The number of rotatable bonds is 7. The third-order valence-corrected chi connectivity index (χ3v) is 7.75. The first kappa shape index (κ1) is 21.4. The van der Waals surface area contributed by atoms with Crippen LogP contribution in [0.4, 0.5) is 4.39 Å². The normalized spacial score (nSPS) is 17.7. The first-order valence-electron chi connectivity index (χ1n) is 10.7. The standard InChI is InChI=1S/C26H21FN2O3S/c27-21-5-6-22(29-15-21)16-33(31,32)23-7-3-18(4-8-23)24-13-25(24)26(30)12-17-1-2-20-14-28-10-9-19(20)11-17/h1-11,14-15,24-25H,12-13,16H2/t24?,25-/m1/s1. The van der Waals surface area contributed by atoms with Crippen LogP contribution in [0.2, 0.25) is 0 Å². The number of carbonyl (C=O) groups is 1. The number of halogens is 1. The fourth-order valence-electron chi connectivity index (χ4n) is 4.19. The zero-order chi connectivity index (χ0) is 23.0. The minimum absolute atomic E-state index is 0.0380. The molecule has 4 aromatic rings. The average molecular weight is 461 g/mol. The van der Waals surface area contributed by atoms with Crippen LogP contribution in [0.25, 0.3) is 10.8 Å². The first-order valence-corrected chi connectivity index (χ1v) is 12.3. The van der Waals surface area contributed by atoms with E-state index < -0.39 is 15.7 Å². The van der Waals surface area contributed by atoms with Gasteiger partial charge in [-0.25, -0.2) is 12.8 Å². The number of hydrogen-bond donors (Lipinski definition) is 0. The van der Waals surface area contributed by atoms with E-state index in [-0.39, 0.29) is 28.3 Å². The molecule has 1 unspecified atom stereocenters. The second-order valence-corrected chi connectivity index (χ2v) is 10.4. The van der Waals surface area contributed by atoms with Crippen LogP contribution in [0.5, 0.6) is 0 Å². The summed E-state index contributed by atoms with van der Waals surface area (Å²) in [6.07, 6.45) is 5.72. The van der Waals surface area contributed by atoms with Crippen molar-refractivity contribution in [3.63, 3.8) is 0 Å². The van der Waals surface area contributed by atoms with Gasteiger partial charge in [0.05, 0.1) is 22.5 Å². The molecule has 2 heterocycles. The van der Waals surface area contributed by atoms with Crippen molar-refractivity contribution in [3.8, 4) is 0 Å². The molecule has 0 radical (unpaired) electrons. The maximum atomic E-state index is 13.0. The van der Waals surface area contributed by atoms with Gasteiger partial charge in [0.25, 0.3) is 0 Å². The minimum Gasteiger partial charge on any atom is -0.299 e. The van der Waals surface area contributed by atoms with E-state index in [1.165, 1.54) is 12.1 Å². The largest absolute Gasteiger partial charge is 0.299 e. The molecular weight excluding hydrogens is 439 g/mol. The molecule has 2 aromatic heterocycles. The van der Waals surface area contributed by atoms with Gasteiger partial charge in [-0.05, 0) is 59.2 Å². The van der Waals surface area contributed by atoms with Crippen LogP contribution in [-0.4, -0.2) is 24.2 Å². The highest BCUT2D eigenvalue weighted by Crippen LogP contribution is 2.48. The van der Waals surface area contributed by atoms with Gasteiger partial charge in [0.15, 0.2) is 9.84 Å². The number of fused-ring (bicyclic) bond motifs is 1. The van der Waals surface area contributed by atoms with E-state index in [2.05, 4.69) is 9.97 Å². The highest BCUT2D eigenvalue weighted by molar-refractivity contribution is 7.90. The van der Waals surface area contributed by atoms with Crippen molar-refractivity contribution in [1.29, 1.82) is 0 Å². The monoisotopic (exact) mass is 460 g/mol. The summed E-state index contributed by atoms with van der Waals surface area (Å²) in [7, 11) is -3.59. The van der Waals surface area contributed by atoms with Crippen molar-refractivity contribution in [2.75, 3.05) is 0 Å². The lowest BCUT2D eigenvalue weighted by molar-refractivity contribution is -0.119. The molecule has 1 saturated carbocycles. The van der Waals surface area contributed by atoms with E-state index in [9.17, 15) is 17.6 Å². The van der Waals surface area contributed by atoms with E-state index in [1.54, 1.807) is 36.7 Å². The first-order chi connectivity index (χ1) is 15.9. The maximum absolute atomic E-state index is 13.0. The zero-order valence-electron chi connectivity index (χ0n) is 17.7. The zero-order valence-corrected chi connectivity index (χ0v) is 18.5. The van der Waals surface area contributed by atoms with Gasteiger partial charge in [-0.3, -0.25) is 14.8 Å². The number of ketones is 1. The Bertz CT molecular complexity index is 1430. The van der Waals surface area contributed by atoms with E-state index >= 15 is 0 Å². The molecule has 0 amide bonds. The van der Waals surface area contributed by atoms with Crippen molar-refractivity contribution < 1.29 is 17.6 Å². The van der Waals surface area contributed by atoms with Crippen LogP contribution >= 0.6 is 0 Å². The predicted molar refractivity (Wildman–Crippen MR) is 123 cm³/mol. The molecule has 1 aliphatic carbocycles. The molecule has 0 aliphatic heterocycles. The summed E-state index contributed by atoms with van der Waals surface area (Å²) in [4.78, 5) is 20.9. The number of nitrogens with zero attached hydrogens (tertiary/aromatic N) is 2. The molecule has 166 valence electrons. The van der Waals surface area contributed by atoms with Crippen molar-refractivity contribution in [2.45, 2.75) is 29.4 Å². The van der Waals surface area contributed by atoms with Gasteiger partial charge in [0.2, 0.25) is 0 Å². The second-order valence-electron chi connectivity index (χ2n) is 8.44. The van der Waals surface area contributed by atoms with E-state index in [4.69, 9.17) is 0 Å². The highest BCUT2D eigenvalue weighted by Gasteiger charge is 2.43. The molecular formula is C26H21FN2O3S. The van der Waals surface area contributed by atoms with Crippen LogP contribution in [0.3, 0.4) is 0 Å². The maximum Gasteiger partial charge on any atom is 0.184 e. The van der Waals surface area contributed by atoms with Crippen LogP contribution in [0.15, 0.2) is 84.1 Å². The van der Waals surface area contributed by atoms with E-state index in [1.807, 2.05) is 24.3 Å². The number of aromatic nitrogens is 2. The summed E-state index contributed by atoms with van der Waals surface area (Å²) >= 11 is 0. The average Bonchev–Trinajstić information content (AvgIpc) is 3.62. The van der Waals surface area contributed by atoms with Gasteiger partial charge < -0.3 is 0 Å². The Morgan fingerprint density at radius 2 is 1.79 bits per heavy atom. The SMILES string of the molecule is O=C(Cc1ccc2cnccc2c1)[C@@H]1CC1c1ccc(S(=O)(=O)Cc2ccc(F)cn2)cc1. The number of hydrogen-bond acceptors (Lipinski definition) is 5. The molecule has 0 N–H and O–H groups in total. The molecule has 0 bridgehead atoms. The Labute approximate surface area is 191 Å². The Hall–Kier alpha value is -3.45. The quantitative estimate of drug-likeness (QED) is 0.401. The number of pyridine rings is 2. The number of benzene rings is 2. The molecule has 0 spiro atoms. The van der Waals surface area contributed by atoms with Gasteiger partial charge in [-0.15, -0.1) is 0 Å². The molecule has 5 rings (SSSR count). The van der Waals surface area contributed by atoms with Crippen LogP contribution in [0.1, 0.15) is 29.2 Å². The Balaban J connectivity index is 1.23. The summed E-state index contributed by atoms with van der Waals surface area (Å²) in [5, 5.41) is 2.11. The summed E-state index contributed by atoms with van der Waals surface area (Å²) in [6, 6.07) is 17.2. The smallest absolute Gasteiger partial charge is 0.184 e. The fraction of sp³-hybridized carbons (Fsp3) is 0.192. The molecule has 1 aliphatic rings. The summed E-state index contributed by atoms with van der Waals surface area (Å²) in [5.41, 5.74) is 2.25. The fourth-order valence-corrected chi connectivity index (χ4v) is 5.46. The Kier molecular flexibility index (Phi) is 5.50. The lowest BCUT2D eigenvalue weighted by Crippen LogP contribution is -2.07. The van der Waals surface area contributed by atoms with Gasteiger partial charge in [0.1, 0.15) is 11.6 Å². The predicted octanol–water partition coefficient (Wildman–Crippen LogP) is 4.66. The van der Waals surface area contributed by atoms with Crippen molar-refractivity contribution >= 4 is 26.4 Å². The molecule has 0 saturated heterocycles. The van der Waals surface area contributed by atoms with Crippen molar-refractivity contribution in [1.82, 2.24) is 9.97 Å². The Morgan fingerprint density at radius 1 is 0.970 bits per heavy atom. The third-order valence-electron chi connectivity index (χ3n) is 6.08. The molecule has 1 fully saturated rings. The highest BCUT2D eigenvalue weighted by atomic mass is 32.2. The number of Topliss-reactive ketones (excluding diaryl/α,β-unsaturated/α-hetero) is 1. The lowest BCUT2D eigenvalue weighted by atomic mass is 10.0. The van der Waals surface area contributed by atoms with Crippen LogP contribution in [-0.2, 0) is 26.8 Å². The number of sulfone groups is 1. The summed E-state index contributed by atoms with van der Waals surface area (Å²) in [6.45, 7) is 0. The molecule has 2 aromatic carbocycles. The third kappa shape index (κ3) is 4.68. The van der Waals surface area contributed by atoms with Gasteiger partial charge in [-0.2, -0.15) is 0 Å². The minimum atomic E-state index is -3.59. The van der Waals surface area contributed by atoms with Crippen molar-refractivity contribution in [3.05, 3.63) is 102 Å². The van der Waals surface area contributed by atoms with E-state index in [0.29, 0.717) is 12.1 Å². The van der Waals surface area contributed by atoms with Gasteiger partial charge >= 0.3 is 0 Å². The van der Waals surface area contributed by atoms with Crippen LogP contribution in [0, 0.1) is 11.7 Å². The summed E-state index contributed by atoms with van der Waals surface area (Å²) < 4.78 is 38.3. The van der Waals surface area contributed by atoms with Crippen molar-refractivity contribution in [2.24, 2.45) is 5.92 Å². The Morgan fingerprint density at radius 3 is 2.55 bits per heavy atom. The molecule has 2 atom stereocenters. The van der Waals surface area contributed by atoms with Gasteiger partial charge in [-0.1, -0.05) is 30.3 Å². The van der Waals surface area contributed by atoms with E-state index in [0.717, 1.165) is 34.5 Å². The second kappa shape index (κ2) is 8.48. The molecule has 5 nitrogen and oxygen atoms in total. The summed E-state index contributed by atoms with van der Waals surface area (Å²) in [5.74, 6) is -0.514. The topological polar surface area (TPSA) is 77.0 Å². The van der Waals surface area contributed by atoms with Gasteiger partial charge in [0, 0.05) is 30.1 Å². The molecule has 7 heteroatoms.